The molecule has 0 saturated heterocycles. The average Bonchev–Trinajstić information content (AvgIpc) is 3.09. The summed E-state index contributed by atoms with van der Waals surface area (Å²) >= 11 is 1.48. The predicted octanol–water partition coefficient (Wildman–Crippen LogP) is 4.54. The summed E-state index contributed by atoms with van der Waals surface area (Å²) in [5.41, 5.74) is 7.01. The number of aliphatic hydroxyl groups excluding tert-OH is 1. The van der Waals surface area contributed by atoms with Gasteiger partial charge in [0.05, 0.1) is 45.9 Å². The Morgan fingerprint density at radius 1 is 1.21 bits per heavy atom. The van der Waals surface area contributed by atoms with Gasteiger partial charge in [-0.05, 0) is 50.1 Å². The van der Waals surface area contributed by atoms with Gasteiger partial charge in [0.25, 0.3) is 0 Å². The molecule has 6 nitrogen and oxygen atoms in total. The number of aldehydes is 1. The van der Waals surface area contributed by atoms with E-state index < -0.39 is 6.10 Å². The van der Waals surface area contributed by atoms with Gasteiger partial charge < -0.3 is 9.84 Å². The summed E-state index contributed by atoms with van der Waals surface area (Å²) in [6.45, 7) is 5.95. The first-order valence-electron chi connectivity index (χ1n) is 9.25. The number of methoxy groups -OCH3 is 1. The minimum Gasteiger partial charge on any atom is -0.389 e. The van der Waals surface area contributed by atoms with Crippen LogP contribution < -0.4 is 0 Å². The minimum atomic E-state index is -0.724. The number of carbonyl (C=O) groups excluding carboxylic acids is 1. The lowest BCUT2D eigenvalue weighted by molar-refractivity contribution is 0.112. The lowest BCUT2D eigenvalue weighted by atomic mass is 9.98. The van der Waals surface area contributed by atoms with Crippen molar-refractivity contribution >= 4 is 38.9 Å². The molecule has 4 aromatic rings. The number of hydrogen-bond donors (Lipinski definition) is 1. The molecule has 148 valence electrons. The summed E-state index contributed by atoms with van der Waals surface area (Å²) in [4.78, 5) is 25.6. The lowest BCUT2D eigenvalue weighted by Gasteiger charge is -2.11. The second-order valence-corrected chi connectivity index (χ2v) is 8.17. The molecule has 0 saturated carbocycles. The normalized spacial score (nSPS) is 12.6. The Kier molecular flexibility index (Phi) is 5.12. The number of nitrogens with zero attached hydrogens (tertiary/aromatic N) is 3. The van der Waals surface area contributed by atoms with E-state index in [9.17, 15) is 9.90 Å². The van der Waals surface area contributed by atoms with E-state index in [-0.39, 0.29) is 0 Å². The number of aliphatic hydroxyl groups is 1. The quantitative estimate of drug-likeness (QED) is 0.489. The van der Waals surface area contributed by atoms with E-state index in [4.69, 9.17) is 9.72 Å². The highest BCUT2D eigenvalue weighted by molar-refractivity contribution is 7.21. The van der Waals surface area contributed by atoms with Crippen molar-refractivity contribution in [2.24, 2.45) is 0 Å². The van der Waals surface area contributed by atoms with Crippen molar-refractivity contribution in [3.05, 3.63) is 52.3 Å². The molecule has 0 bridgehead atoms. The van der Waals surface area contributed by atoms with Crippen molar-refractivity contribution in [2.75, 3.05) is 7.11 Å². The first-order valence-corrected chi connectivity index (χ1v) is 10.1. The van der Waals surface area contributed by atoms with Crippen LogP contribution in [0.5, 0.6) is 0 Å². The van der Waals surface area contributed by atoms with E-state index in [2.05, 4.69) is 9.97 Å². The molecule has 0 aliphatic rings. The molecule has 0 fully saturated rings. The second kappa shape index (κ2) is 7.59. The maximum Gasteiger partial charge on any atom is 0.150 e. The third kappa shape index (κ3) is 3.42. The third-order valence-electron chi connectivity index (χ3n) is 4.94. The van der Waals surface area contributed by atoms with Crippen LogP contribution in [-0.4, -0.2) is 33.5 Å². The molecule has 29 heavy (non-hydrogen) atoms. The number of hydrogen-bond acceptors (Lipinski definition) is 7. The Balaban J connectivity index is 1.98. The third-order valence-corrected chi connectivity index (χ3v) is 5.98. The van der Waals surface area contributed by atoms with E-state index in [1.54, 1.807) is 20.2 Å². The highest BCUT2D eigenvalue weighted by Crippen LogP contribution is 2.38. The van der Waals surface area contributed by atoms with E-state index >= 15 is 0 Å². The van der Waals surface area contributed by atoms with Gasteiger partial charge in [-0.1, -0.05) is 0 Å². The summed E-state index contributed by atoms with van der Waals surface area (Å²) in [5.74, 6) is 0. The number of ether oxygens (including phenoxy) is 1. The molecule has 1 unspecified atom stereocenters. The Morgan fingerprint density at radius 3 is 2.69 bits per heavy atom. The van der Waals surface area contributed by atoms with Crippen molar-refractivity contribution in [2.45, 2.75) is 33.5 Å². The van der Waals surface area contributed by atoms with Crippen LogP contribution in [0, 0.1) is 13.8 Å². The number of benzene rings is 2. The minimum absolute atomic E-state index is 0.402. The number of rotatable bonds is 5. The highest BCUT2D eigenvalue weighted by Gasteiger charge is 2.20. The molecule has 0 aliphatic heterocycles. The number of thiazole rings is 1. The summed E-state index contributed by atoms with van der Waals surface area (Å²) < 4.78 is 6.03. The first kappa shape index (κ1) is 19.6. The Labute approximate surface area is 172 Å². The van der Waals surface area contributed by atoms with Crippen LogP contribution in [0.4, 0.5) is 0 Å². The summed E-state index contributed by atoms with van der Waals surface area (Å²) in [7, 11) is 1.63. The lowest BCUT2D eigenvalue weighted by Crippen LogP contribution is -2.00. The molecule has 7 heteroatoms. The molecular weight excluding hydrogens is 386 g/mol. The van der Waals surface area contributed by atoms with Gasteiger partial charge in [0.2, 0.25) is 0 Å². The predicted molar refractivity (Wildman–Crippen MR) is 114 cm³/mol. The second-order valence-electron chi connectivity index (χ2n) is 7.14. The largest absolute Gasteiger partial charge is 0.389 e. The summed E-state index contributed by atoms with van der Waals surface area (Å²) in [6, 6.07) is 5.87. The van der Waals surface area contributed by atoms with Gasteiger partial charge in [-0.25, -0.2) is 9.97 Å². The van der Waals surface area contributed by atoms with Crippen LogP contribution in [0.15, 0.2) is 24.4 Å². The summed E-state index contributed by atoms with van der Waals surface area (Å²) in [6.07, 6.45) is 1.82. The zero-order chi connectivity index (χ0) is 20.7. The Morgan fingerprint density at radius 2 is 2.00 bits per heavy atom. The molecule has 2 aromatic carbocycles. The topological polar surface area (TPSA) is 85.2 Å². The molecule has 0 aliphatic carbocycles. The fourth-order valence-corrected chi connectivity index (χ4v) is 4.69. The van der Waals surface area contributed by atoms with Gasteiger partial charge in [-0.2, -0.15) is 0 Å². The van der Waals surface area contributed by atoms with E-state index in [1.807, 2.05) is 32.0 Å². The van der Waals surface area contributed by atoms with Gasteiger partial charge >= 0.3 is 0 Å². The molecule has 0 spiro atoms. The molecule has 2 heterocycles. The molecule has 0 amide bonds. The van der Waals surface area contributed by atoms with Crippen molar-refractivity contribution in [3.8, 4) is 10.6 Å². The van der Waals surface area contributed by atoms with Crippen LogP contribution in [0.25, 0.3) is 31.8 Å². The Hall–Kier alpha value is -2.74. The molecular formula is C22H21N3O3S. The smallest absolute Gasteiger partial charge is 0.150 e. The standard InChI is InChI=1S/C22H21N3O3S/c1-11-5-16(20-17(6-11)24-15(8-23-20)10-28-4)22-25-21-18(29-22)7-14(9-26)12(2)19(21)13(3)27/h5-9,13,27H,10H2,1-4H3. The number of aromatic nitrogens is 3. The van der Waals surface area contributed by atoms with Crippen LogP contribution >= 0.6 is 11.3 Å². The van der Waals surface area contributed by atoms with Gasteiger partial charge in [-0.15, -0.1) is 11.3 Å². The monoisotopic (exact) mass is 407 g/mol. The molecule has 2 aromatic heterocycles. The fraction of sp³-hybridized carbons (Fsp3) is 0.273. The molecule has 1 atom stereocenters. The van der Waals surface area contributed by atoms with Crippen molar-refractivity contribution < 1.29 is 14.6 Å². The van der Waals surface area contributed by atoms with E-state index in [0.717, 1.165) is 54.9 Å². The maximum atomic E-state index is 11.5. The number of fused-ring (bicyclic) bond motifs is 2. The van der Waals surface area contributed by atoms with Crippen LogP contribution in [-0.2, 0) is 11.3 Å². The molecule has 1 N–H and O–H groups in total. The Bertz CT molecular complexity index is 1250. The van der Waals surface area contributed by atoms with Crippen molar-refractivity contribution in [3.63, 3.8) is 0 Å². The first-order chi connectivity index (χ1) is 13.9. The summed E-state index contributed by atoms with van der Waals surface area (Å²) in [5, 5.41) is 11.1. The van der Waals surface area contributed by atoms with Gasteiger partial charge in [0.15, 0.2) is 0 Å². The average molecular weight is 407 g/mol. The van der Waals surface area contributed by atoms with E-state index in [0.29, 0.717) is 17.7 Å². The van der Waals surface area contributed by atoms with Gasteiger partial charge in [0, 0.05) is 23.8 Å². The number of aryl methyl sites for hydroxylation is 1. The number of carbonyl (C=O) groups is 1. The van der Waals surface area contributed by atoms with Crippen molar-refractivity contribution in [1.29, 1.82) is 0 Å². The van der Waals surface area contributed by atoms with Crippen LogP contribution in [0.1, 0.15) is 45.8 Å². The maximum absolute atomic E-state index is 11.5. The van der Waals surface area contributed by atoms with Crippen molar-refractivity contribution in [1.82, 2.24) is 15.0 Å². The zero-order valence-electron chi connectivity index (χ0n) is 16.7. The highest BCUT2D eigenvalue weighted by atomic mass is 32.1. The molecule has 0 radical (unpaired) electrons. The van der Waals surface area contributed by atoms with Crippen LogP contribution in [0.3, 0.4) is 0 Å². The molecule has 4 rings (SSSR count). The van der Waals surface area contributed by atoms with E-state index in [1.165, 1.54) is 11.3 Å². The fourth-order valence-electron chi connectivity index (χ4n) is 3.64. The SMILES string of the molecule is COCc1cnc2c(-c3nc4c(C(C)O)c(C)c(C=O)cc4s3)cc(C)cc2n1. The zero-order valence-corrected chi connectivity index (χ0v) is 17.5. The van der Waals surface area contributed by atoms with Gasteiger partial charge in [0.1, 0.15) is 11.3 Å². The van der Waals surface area contributed by atoms with Gasteiger partial charge in [-0.3, -0.25) is 9.78 Å². The van der Waals surface area contributed by atoms with Crippen LogP contribution in [0.2, 0.25) is 0 Å².